The van der Waals surface area contributed by atoms with Gasteiger partial charge in [-0.2, -0.15) is 0 Å². The molecule has 0 aromatic heterocycles. The van der Waals surface area contributed by atoms with Gasteiger partial charge < -0.3 is 9.47 Å². The van der Waals surface area contributed by atoms with Gasteiger partial charge in [0.05, 0.1) is 17.6 Å². The number of hydrogen-bond acceptors (Lipinski definition) is 5. The molecule has 0 saturated carbocycles. The predicted octanol–water partition coefficient (Wildman–Crippen LogP) is 2.71. The number of β-lactam (4-membered cyclic amide) rings is 1. The topological polar surface area (TPSA) is 81.9 Å². The third kappa shape index (κ3) is 2.48. The lowest BCUT2D eigenvalue weighted by Crippen LogP contribution is -2.60. The number of nitrogens with zero attached hydrogens (tertiary/aromatic N) is 2. The standard InChI is InChI=1S/C17H16N2O5/c1-23-12-9-7-11(8-10-12)18-15(16(24-2)17(18)20)13-5-3-4-6-14(13)19(21)22/h3-10,15-16H,1-2H3/t15-,16+/m1/s1. The van der Waals surface area contributed by atoms with E-state index in [0.717, 1.165) is 0 Å². The lowest BCUT2D eigenvalue weighted by atomic mass is 9.88. The van der Waals surface area contributed by atoms with Gasteiger partial charge in [-0.15, -0.1) is 0 Å². The van der Waals surface area contributed by atoms with Gasteiger partial charge in [-0.05, 0) is 30.3 Å². The number of amides is 1. The minimum Gasteiger partial charge on any atom is -0.497 e. The first kappa shape index (κ1) is 15.9. The number of carbonyl (C=O) groups is 1. The van der Waals surface area contributed by atoms with Crippen molar-refractivity contribution in [3.05, 3.63) is 64.2 Å². The molecule has 1 saturated heterocycles. The number of nitro groups is 1. The van der Waals surface area contributed by atoms with Gasteiger partial charge in [0, 0.05) is 18.9 Å². The molecule has 124 valence electrons. The minimum absolute atomic E-state index is 0.0319. The number of para-hydroxylation sites is 1. The third-order valence-corrected chi connectivity index (χ3v) is 4.10. The van der Waals surface area contributed by atoms with Gasteiger partial charge in [0.25, 0.3) is 11.6 Å². The highest BCUT2D eigenvalue weighted by atomic mass is 16.6. The van der Waals surface area contributed by atoms with E-state index in [-0.39, 0.29) is 11.6 Å². The average molecular weight is 328 g/mol. The zero-order valence-electron chi connectivity index (χ0n) is 13.2. The second-order valence-electron chi connectivity index (χ2n) is 5.32. The van der Waals surface area contributed by atoms with Crippen molar-refractivity contribution in [2.75, 3.05) is 19.1 Å². The molecule has 0 bridgehead atoms. The summed E-state index contributed by atoms with van der Waals surface area (Å²) in [6, 6.07) is 12.8. The Morgan fingerprint density at radius 3 is 2.33 bits per heavy atom. The smallest absolute Gasteiger partial charge is 0.274 e. The van der Waals surface area contributed by atoms with Gasteiger partial charge in [0.1, 0.15) is 11.8 Å². The Hall–Kier alpha value is -2.93. The van der Waals surface area contributed by atoms with Crippen molar-refractivity contribution in [3.8, 4) is 5.75 Å². The molecule has 2 aromatic carbocycles. The van der Waals surface area contributed by atoms with Gasteiger partial charge >= 0.3 is 0 Å². The molecule has 2 atom stereocenters. The van der Waals surface area contributed by atoms with E-state index in [1.165, 1.54) is 18.1 Å². The van der Waals surface area contributed by atoms with Crippen LogP contribution in [0.1, 0.15) is 11.6 Å². The fourth-order valence-electron chi connectivity index (χ4n) is 2.93. The molecule has 1 aliphatic heterocycles. The molecule has 2 aromatic rings. The quantitative estimate of drug-likeness (QED) is 0.479. The Morgan fingerprint density at radius 1 is 1.08 bits per heavy atom. The van der Waals surface area contributed by atoms with E-state index in [9.17, 15) is 14.9 Å². The van der Waals surface area contributed by atoms with E-state index in [1.807, 2.05) is 0 Å². The van der Waals surface area contributed by atoms with Gasteiger partial charge in [-0.3, -0.25) is 19.8 Å². The number of anilines is 1. The van der Waals surface area contributed by atoms with E-state index in [0.29, 0.717) is 17.0 Å². The van der Waals surface area contributed by atoms with Crippen LogP contribution < -0.4 is 9.64 Å². The summed E-state index contributed by atoms with van der Waals surface area (Å²) >= 11 is 0. The van der Waals surface area contributed by atoms with Crippen LogP contribution in [-0.2, 0) is 9.53 Å². The number of methoxy groups -OCH3 is 2. The van der Waals surface area contributed by atoms with Crippen molar-refractivity contribution in [1.29, 1.82) is 0 Å². The first-order valence-electron chi connectivity index (χ1n) is 7.31. The van der Waals surface area contributed by atoms with Crippen molar-refractivity contribution in [2.45, 2.75) is 12.1 Å². The first-order chi connectivity index (χ1) is 11.6. The zero-order valence-corrected chi connectivity index (χ0v) is 13.2. The molecule has 3 rings (SSSR count). The summed E-state index contributed by atoms with van der Waals surface area (Å²) in [5.74, 6) is 0.433. The van der Waals surface area contributed by atoms with E-state index >= 15 is 0 Å². The van der Waals surface area contributed by atoms with E-state index in [2.05, 4.69) is 0 Å². The van der Waals surface area contributed by atoms with Crippen LogP contribution in [-0.4, -0.2) is 31.2 Å². The van der Waals surface area contributed by atoms with Crippen LogP contribution >= 0.6 is 0 Å². The molecule has 1 aliphatic rings. The number of ether oxygens (including phenoxy) is 2. The summed E-state index contributed by atoms with van der Waals surface area (Å²) in [6.07, 6.45) is -0.742. The zero-order chi connectivity index (χ0) is 17.3. The van der Waals surface area contributed by atoms with E-state index < -0.39 is 17.1 Å². The molecule has 0 spiro atoms. The molecule has 0 unspecified atom stereocenters. The molecule has 0 N–H and O–H groups in total. The molecule has 0 aliphatic carbocycles. The van der Waals surface area contributed by atoms with Crippen LogP contribution in [0.3, 0.4) is 0 Å². The molecule has 1 amide bonds. The third-order valence-electron chi connectivity index (χ3n) is 4.10. The van der Waals surface area contributed by atoms with Crippen LogP contribution in [0.2, 0.25) is 0 Å². The predicted molar refractivity (Wildman–Crippen MR) is 87.1 cm³/mol. The lowest BCUT2D eigenvalue weighted by Gasteiger charge is -2.46. The van der Waals surface area contributed by atoms with Crippen LogP contribution in [0.5, 0.6) is 5.75 Å². The minimum atomic E-state index is -0.742. The normalized spacial score (nSPS) is 19.8. The van der Waals surface area contributed by atoms with Crippen LogP contribution in [0, 0.1) is 10.1 Å². The average Bonchev–Trinajstić information content (AvgIpc) is 2.60. The highest BCUT2D eigenvalue weighted by Gasteiger charge is 2.51. The van der Waals surface area contributed by atoms with Crippen LogP contribution in [0.4, 0.5) is 11.4 Å². The number of benzene rings is 2. The molecular formula is C17H16N2O5. The maximum atomic E-state index is 12.4. The molecule has 1 heterocycles. The first-order valence-corrected chi connectivity index (χ1v) is 7.31. The molecule has 0 radical (unpaired) electrons. The second-order valence-corrected chi connectivity index (χ2v) is 5.32. The summed E-state index contributed by atoms with van der Waals surface area (Å²) in [5, 5.41) is 11.3. The Labute approximate surface area is 138 Å². The van der Waals surface area contributed by atoms with E-state index in [4.69, 9.17) is 9.47 Å². The van der Waals surface area contributed by atoms with Crippen LogP contribution in [0.15, 0.2) is 48.5 Å². The summed E-state index contributed by atoms with van der Waals surface area (Å²) in [4.78, 5) is 24.8. The summed E-state index contributed by atoms with van der Waals surface area (Å²) in [7, 11) is 2.98. The number of carbonyl (C=O) groups excluding carboxylic acids is 1. The maximum absolute atomic E-state index is 12.4. The van der Waals surface area contributed by atoms with Gasteiger partial charge in [-0.1, -0.05) is 12.1 Å². The summed E-state index contributed by atoms with van der Waals surface area (Å²) < 4.78 is 10.4. The summed E-state index contributed by atoms with van der Waals surface area (Å²) in [6.45, 7) is 0. The Morgan fingerprint density at radius 2 is 1.75 bits per heavy atom. The van der Waals surface area contributed by atoms with Crippen LogP contribution in [0.25, 0.3) is 0 Å². The SMILES string of the molecule is COc1ccc(N2C(=O)[C@@H](OC)[C@H]2c2ccccc2[N+](=O)[O-])cc1. The Balaban J connectivity index is 2.03. The fraction of sp³-hybridized carbons (Fsp3) is 0.235. The van der Waals surface area contributed by atoms with Crippen molar-refractivity contribution in [3.63, 3.8) is 0 Å². The number of hydrogen-bond donors (Lipinski definition) is 0. The highest BCUT2D eigenvalue weighted by molar-refractivity contribution is 6.05. The monoisotopic (exact) mass is 328 g/mol. The molecule has 7 nitrogen and oxygen atoms in total. The maximum Gasteiger partial charge on any atom is 0.274 e. The lowest BCUT2D eigenvalue weighted by molar-refractivity contribution is -0.385. The Kier molecular flexibility index (Phi) is 4.18. The molecule has 7 heteroatoms. The van der Waals surface area contributed by atoms with Gasteiger partial charge in [0.2, 0.25) is 0 Å². The molecule has 1 fully saturated rings. The largest absolute Gasteiger partial charge is 0.497 e. The summed E-state index contributed by atoms with van der Waals surface area (Å²) in [5.41, 5.74) is 1.05. The van der Waals surface area contributed by atoms with Crippen molar-refractivity contribution in [2.24, 2.45) is 0 Å². The van der Waals surface area contributed by atoms with Crippen molar-refractivity contribution in [1.82, 2.24) is 0 Å². The number of rotatable bonds is 5. The molecular weight excluding hydrogens is 312 g/mol. The van der Waals surface area contributed by atoms with Gasteiger partial charge in [-0.25, -0.2) is 0 Å². The Bertz CT molecular complexity index is 775. The van der Waals surface area contributed by atoms with Crippen molar-refractivity contribution < 1.29 is 19.2 Å². The fourth-order valence-corrected chi connectivity index (χ4v) is 2.93. The van der Waals surface area contributed by atoms with Crippen molar-refractivity contribution >= 4 is 17.3 Å². The van der Waals surface area contributed by atoms with Gasteiger partial charge in [0.15, 0.2) is 6.10 Å². The highest BCUT2D eigenvalue weighted by Crippen LogP contribution is 2.43. The van der Waals surface area contributed by atoms with E-state index in [1.54, 1.807) is 49.6 Å². The number of nitro benzene ring substituents is 1. The molecule has 24 heavy (non-hydrogen) atoms. The second kappa shape index (κ2) is 6.29.